The Labute approximate surface area is 174 Å². The van der Waals surface area contributed by atoms with Crippen LogP contribution in [-0.2, 0) is 18.3 Å². The molecule has 158 valence electrons. The van der Waals surface area contributed by atoms with Crippen LogP contribution in [0, 0.1) is 0 Å². The molecule has 31 heavy (non-hydrogen) atoms. The average molecular weight is 421 g/mol. The second-order valence-corrected chi connectivity index (χ2v) is 7.51. The molecular formula is C19H19N9O3. The maximum Gasteiger partial charge on any atom is 0.329 e. The number of H-pyrrole nitrogens is 2. The molecule has 3 aromatic heterocycles. The number of carbonyl (C=O) groups excluding carboxylic acids is 1. The highest BCUT2D eigenvalue weighted by Crippen LogP contribution is 2.36. The third-order valence-electron chi connectivity index (χ3n) is 5.18. The summed E-state index contributed by atoms with van der Waals surface area (Å²) in [5, 5.41) is 14.8. The predicted octanol–water partition coefficient (Wildman–Crippen LogP) is 0.510. The van der Waals surface area contributed by atoms with Crippen LogP contribution >= 0.6 is 0 Å². The lowest BCUT2D eigenvalue weighted by Gasteiger charge is -2.07. The molecule has 0 bridgehead atoms. The molecule has 0 aliphatic heterocycles. The van der Waals surface area contributed by atoms with Gasteiger partial charge in [0.15, 0.2) is 11.5 Å². The molecule has 1 aliphatic rings. The highest BCUT2D eigenvalue weighted by atomic mass is 16.2. The van der Waals surface area contributed by atoms with Gasteiger partial charge >= 0.3 is 5.69 Å². The van der Waals surface area contributed by atoms with Crippen LogP contribution in [0.2, 0.25) is 0 Å². The zero-order valence-electron chi connectivity index (χ0n) is 16.6. The molecule has 1 fully saturated rings. The van der Waals surface area contributed by atoms with Crippen LogP contribution in [-0.4, -0.2) is 45.6 Å². The minimum absolute atomic E-state index is 0.149. The van der Waals surface area contributed by atoms with Crippen LogP contribution in [0.1, 0.15) is 31.1 Å². The minimum Gasteiger partial charge on any atom is -0.336 e. The lowest BCUT2D eigenvalue weighted by Crippen LogP contribution is -2.28. The number of anilines is 1. The van der Waals surface area contributed by atoms with Crippen molar-refractivity contribution in [1.29, 1.82) is 0 Å². The summed E-state index contributed by atoms with van der Waals surface area (Å²) in [7, 11) is 1.52. The summed E-state index contributed by atoms with van der Waals surface area (Å²) in [6, 6.07) is 7.71. The number of imidazole rings is 1. The normalized spacial score (nSPS) is 13.6. The standard InChI is InChI=1S/C19H19N9O3/c1-27-17-15(18(30)23-19(27)31)21-13(22-17)7-8-14(29)20-11-4-2-3-10(9-11)16-24-25-26-28(16)12-5-6-12/h2-4,9,12H,5-8H2,1H3,(H,20,29)(H,21,22)(H,23,30,31). The van der Waals surface area contributed by atoms with Gasteiger partial charge in [0, 0.05) is 31.1 Å². The molecule has 0 atom stereocenters. The van der Waals surface area contributed by atoms with Gasteiger partial charge in [-0.3, -0.25) is 19.1 Å². The molecule has 5 rings (SSSR count). The Bertz CT molecular complexity index is 1410. The van der Waals surface area contributed by atoms with E-state index in [-0.39, 0.29) is 29.9 Å². The van der Waals surface area contributed by atoms with Gasteiger partial charge in [0.05, 0.1) is 6.04 Å². The first-order valence-corrected chi connectivity index (χ1v) is 9.85. The van der Waals surface area contributed by atoms with Crippen molar-refractivity contribution in [3.8, 4) is 11.4 Å². The maximum absolute atomic E-state index is 12.5. The van der Waals surface area contributed by atoms with Gasteiger partial charge in [-0.15, -0.1) is 5.10 Å². The number of rotatable bonds is 6. The Kier molecular flexibility index (Phi) is 4.46. The van der Waals surface area contributed by atoms with Crippen molar-refractivity contribution in [2.24, 2.45) is 7.05 Å². The van der Waals surface area contributed by atoms with Gasteiger partial charge in [-0.05, 0) is 35.4 Å². The van der Waals surface area contributed by atoms with Crippen molar-refractivity contribution in [2.45, 2.75) is 31.7 Å². The first-order valence-electron chi connectivity index (χ1n) is 9.85. The highest BCUT2D eigenvalue weighted by Gasteiger charge is 2.28. The van der Waals surface area contributed by atoms with E-state index in [2.05, 4.69) is 35.8 Å². The quantitative estimate of drug-likeness (QED) is 0.409. The molecule has 3 N–H and O–H groups in total. The van der Waals surface area contributed by atoms with E-state index in [1.54, 1.807) is 6.07 Å². The van der Waals surface area contributed by atoms with E-state index in [0.29, 0.717) is 23.4 Å². The lowest BCUT2D eigenvalue weighted by molar-refractivity contribution is -0.116. The maximum atomic E-state index is 12.5. The van der Waals surface area contributed by atoms with E-state index in [1.807, 2.05) is 22.9 Å². The predicted molar refractivity (Wildman–Crippen MR) is 110 cm³/mol. The van der Waals surface area contributed by atoms with E-state index in [0.717, 1.165) is 18.4 Å². The largest absolute Gasteiger partial charge is 0.336 e. The second-order valence-electron chi connectivity index (χ2n) is 7.51. The summed E-state index contributed by atoms with van der Waals surface area (Å²) in [6.45, 7) is 0. The average Bonchev–Trinajstić information content (AvgIpc) is 3.31. The van der Waals surface area contributed by atoms with Crippen LogP contribution in [0.3, 0.4) is 0 Å². The van der Waals surface area contributed by atoms with E-state index in [4.69, 9.17) is 0 Å². The molecule has 12 nitrogen and oxygen atoms in total. The number of nitrogens with one attached hydrogen (secondary N) is 3. The Morgan fingerprint density at radius 3 is 2.90 bits per heavy atom. The molecule has 3 heterocycles. The first kappa shape index (κ1) is 18.9. The molecule has 1 aliphatic carbocycles. The SMILES string of the molecule is Cn1c(=O)[nH]c(=O)c2[nH]c(CCC(=O)Nc3cccc(-c4nnnn4C4CC4)c3)nc21. The minimum atomic E-state index is -0.541. The summed E-state index contributed by atoms with van der Waals surface area (Å²) in [5.41, 5.74) is 0.847. The van der Waals surface area contributed by atoms with Crippen LogP contribution in [0.4, 0.5) is 5.69 Å². The summed E-state index contributed by atoms with van der Waals surface area (Å²) in [5.74, 6) is 0.924. The van der Waals surface area contributed by atoms with Gasteiger partial charge in [0.2, 0.25) is 5.91 Å². The number of aryl methyl sites for hydroxylation is 2. The fraction of sp³-hybridized carbons (Fsp3) is 0.316. The van der Waals surface area contributed by atoms with Gasteiger partial charge in [0.25, 0.3) is 5.56 Å². The molecule has 0 saturated heterocycles. The van der Waals surface area contributed by atoms with Gasteiger partial charge < -0.3 is 10.3 Å². The molecular weight excluding hydrogens is 402 g/mol. The summed E-state index contributed by atoms with van der Waals surface area (Å²) in [6.07, 6.45) is 2.57. The summed E-state index contributed by atoms with van der Waals surface area (Å²) < 4.78 is 3.06. The zero-order chi connectivity index (χ0) is 21.5. The van der Waals surface area contributed by atoms with E-state index in [1.165, 1.54) is 11.6 Å². The highest BCUT2D eigenvalue weighted by molar-refractivity contribution is 5.91. The second kappa shape index (κ2) is 7.31. The van der Waals surface area contributed by atoms with Crippen LogP contribution in [0.25, 0.3) is 22.6 Å². The number of aromatic nitrogens is 8. The Balaban J connectivity index is 1.28. The number of hydrogen-bond acceptors (Lipinski definition) is 7. The Morgan fingerprint density at radius 2 is 2.10 bits per heavy atom. The van der Waals surface area contributed by atoms with Crippen molar-refractivity contribution in [3.63, 3.8) is 0 Å². The van der Waals surface area contributed by atoms with Gasteiger partial charge in [-0.1, -0.05) is 12.1 Å². The monoisotopic (exact) mass is 421 g/mol. The number of nitrogens with zero attached hydrogens (tertiary/aromatic N) is 6. The van der Waals surface area contributed by atoms with Crippen LogP contribution in [0.15, 0.2) is 33.9 Å². The topological polar surface area (TPSA) is 156 Å². The van der Waals surface area contributed by atoms with Crippen LogP contribution < -0.4 is 16.6 Å². The lowest BCUT2D eigenvalue weighted by atomic mass is 10.2. The Hall–Kier alpha value is -4.09. The zero-order valence-corrected chi connectivity index (χ0v) is 16.6. The molecule has 1 amide bonds. The molecule has 0 radical (unpaired) electrons. The number of benzene rings is 1. The number of tetrazole rings is 1. The van der Waals surface area contributed by atoms with Crippen molar-refractivity contribution in [2.75, 3.05) is 5.32 Å². The van der Waals surface area contributed by atoms with Crippen molar-refractivity contribution < 1.29 is 4.79 Å². The third kappa shape index (κ3) is 3.63. The van der Waals surface area contributed by atoms with Gasteiger partial charge in [0.1, 0.15) is 11.3 Å². The number of carbonyl (C=O) groups is 1. The Morgan fingerprint density at radius 1 is 1.26 bits per heavy atom. The third-order valence-corrected chi connectivity index (χ3v) is 5.18. The fourth-order valence-corrected chi connectivity index (χ4v) is 3.41. The fourth-order valence-electron chi connectivity index (χ4n) is 3.41. The number of hydrogen-bond donors (Lipinski definition) is 3. The number of aromatic amines is 2. The summed E-state index contributed by atoms with van der Waals surface area (Å²) in [4.78, 5) is 45.4. The smallest absolute Gasteiger partial charge is 0.329 e. The molecule has 0 unspecified atom stereocenters. The van der Waals surface area contributed by atoms with E-state index < -0.39 is 11.2 Å². The number of fused-ring (bicyclic) bond motifs is 1. The van der Waals surface area contributed by atoms with Crippen molar-refractivity contribution in [1.82, 2.24) is 39.7 Å². The molecule has 4 aromatic rings. The molecule has 1 saturated carbocycles. The van der Waals surface area contributed by atoms with E-state index in [9.17, 15) is 14.4 Å². The molecule has 1 aromatic carbocycles. The van der Waals surface area contributed by atoms with Gasteiger partial charge in [-0.25, -0.2) is 14.5 Å². The van der Waals surface area contributed by atoms with E-state index >= 15 is 0 Å². The summed E-state index contributed by atoms with van der Waals surface area (Å²) >= 11 is 0. The van der Waals surface area contributed by atoms with Crippen LogP contribution in [0.5, 0.6) is 0 Å². The number of amides is 1. The van der Waals surface area contributed by atoms with Crippen molar-refractivity contribution in [3.05, 3.63) is 50.9 Å². The molecule has 0 spiro atoms. The first-order chi connectivity index (χ1) is 15.0. The molecule has 12 heteroatoms. The van der Waals surface area contributed by atoms with Crippen molar-refractivity contribution >= 4 is 22.8 Å². The van der Waals surface area contributed by atoms with Gasteiger partial charge in [-0.2, -0.15) is 0 Å².